The maximum atomic E-state index is 13.8. The third-order valence-corrected chi connectivity index (χ3v) is 3.95. The van der Waals surface area contributed by atoms with Gasteiger partial charge in [-0.05, 0) is 42.5 Å². The van der Waals surface area contributed by atoms with E-state index in [1.54, 1.807) is 31.4 Å². The van der Waals surface area contributed by atoms with Crippen LogP contribution in [0.5, 0.6) is 11.5 Å². The Bertz CT molecular complexity index is 961. The highest BCUT2D eigenvalue weighted by molar-refractivity contribution is 5.94. The summed E-state index contributed by atoms with van der Waals surface area (Å²) in [6, 6.07) is 12.1. The van der Waals surface area contributed by atoms with E-state index in [2.05, 4.69) is 15.6 Å². The lowest BCUT2D eigenvalue weighted by molar-refractivity contribution is 0.0946. The van der Waals surface area contributed by atoms with Gasteiger partial charge in [-0.1, -0.05) is 6.07 Å². The molecule has 0 aliphatic heterocycles. The number of nitrogens with zero attached hydrogens (tertiary/aromatic N) is 1. The van der Waals surface area contributed by atoms with Gasteiger partial charge in [-0.15, -0.1) is 0 Å². The van der Waals surface area contributed by atoms with Crippen molar-refractivity contribution >= 4 is 17.3 Å². The fourth-order valence-electron chi connectivity index (χ4n) is 2.50. The maximum Gasteiger partial charge on any atom is 0.253 e. The van der Waals surface area contributed by atoms with Crippen molar-refractivity contribution in [3.05, 3.63) is 78.1 Å². The number of nitrogens with one attached hydrogen (secondary N) is 2. The number of benzene rings is 2. The van der Waals surface area contributed by atoms with Crippen LogP contribution in [0.3, 0.4) is 0 Å². The fraction of sp³-hybridized carbons (Fsp3) is 0.143. The molecule has 6 nitrogen and oxygen atoms in total. The van der Waals surface area contributed by atoms with Crippen molar-refractivity contribution in [2.45, 2.75) is 0 Å². The van der Waals surface area contributed by atoms with Crippen molar-refractivity contribution in [3.8, 4) is 11.5 Å². The topological polar surface area (TPSA) is 72.5 Å². The van der Waals surface area contributed by atoms with E-state index in [0.29, 0.717) is 5.75 Å². The van der Waals surface area contributed by atoms with Gasteiger partial charge in [0.1, 0.15) is 35.4 Å². The lowest BCUT2D eigenvalue weighted by Crippen LogP contribution is -2.28. The maximum absolute atomic E-state index is 13.8. The van der Waals surface area contributed by atoms with E-state index in [1.165, 1.54) is 24.5 Å². The summed E-state index contributed by atoms with van der Waals surface area (Å²) in [6.07, 6.45) is 2.73. The van der Waals surface area contributed by atoms with Crippen LogP contribution in [0.15, 0.2) is 60.9 Å². The van der Waals surface area contributed by atoms with Gasteiger partial charge in [0.05, 0.1) is 31.1 Å². The molecule has 0 aliphatic carbocycles. The molecule has 0 unspecified atom stereocenters. The van der Waals surface area contributed by atoms with E-state index in [9.17, 15) is 13.6 Å². The predicted molar refractivity (Wildman–Crippen MR) is 105 cm³/mol. The Balaban J connectivity index is 1.53. The Morgan fingerprint density at radius 3 is 2.41 bits per heavy atom. The molecule has 8 heteroatoms. The van der Waals surface area contributed by atoms with Crippen LogP contribution in [-0.2, 0) is 0 Å². The van der Waals surface area contributed by atoms with Crippen LogP contribution in [0.4, 0.5) is 20.2 Å². The number of pyridine rings is 1. The Kier molecular flexibility index (Phi) is 6.57. The quantitative estimate of drug-likeness (QED) is 0.562. The van der Waals surface area contributed by atoms with Crippen molar-refractivity contribution < 1.29 is 23.0 Å². The molecule has 2 aromatic carbocycles. The van der Waals surface area contributed by atoms with Gasteiger partial charge in [0.15, 0.2) is 0 Å². The molecule has 0 atom stereocenters. The average Bonchev–Trinajstić information content (AvgIpc) is 2.74. The summed E-state index contributed by atoms with van der Waals surface area (Å²) in [5.74, 6) is -0.485. The van der Waals surface area contributed by atoms with E-state index < -0.39 is 11.6 Å². The fourth-order valence-corrected chi connectivity index (χ4v) is 2.50. The summed E-state index contributed by atoms with van der Waals surface area (Å²) in [5, 5.41) is 5.31. The van der Waals surface area contributed by atoms with Crippen molar-refractivity contribution in [3.63, 3.8) is 0 Å². The van der Waals surface area contributed by atoms with E-state index in [0.717, 1.165) is 17.9 Å². The molecule has 0 aliphatic rings. The van der Waals surface area contributed by atoms with Gasteiger partial charge in [-0.25, -0.2) is 8.78 Å². The first-order valence-corrected chi connectivity index (χ1v) is 8.78. The smallest absolute Gasteiger partial charge is 0.253 e. The minimum Gasteiger partial charge on any atom is -0.497 e. The Hall–Kier alpha value is -3.68. The number of carbonyl (C=O) groups is 1. The van der Waals surface area contributed by atoms with Gasteiger partial charge >= 0.3 is 0 Å². The zero-order valence-corrected chi connectivity index (χ0v) is 15.6. The summed E-state index contributed by atoms with van der Waals surface area (Å²) in [6.45, 7) is 0.536. The number of hydrogen-bond acceptors (Lipinski definition) is 5. The standard InChI is InChI=1S/C21H19F2N3O3/c1-28-16-5-7-17(8-6-16)29-10-9-25-21(27)14-11-15(13-24-12-14)26-20-18(22)3-2-4-19(20)23/h2-8,11-13,26H,9-10H2,1H3,(H,25,27). The highest BCUT2D eigenvalue weighted by Crippen LogP contribution is 2.23. The van der Waals surface area contributed by atoms with E-state index in [4.69, 9.17) is 9.47 Å². The first-order valence-electron chi connectivity index (χ1n) is 8.78. The lowest BCUT2D eigenvalue weighted by atomic mass is 10.2. The van der Waals surface area contributed by atoms with Gasteiger partial charge in [0, 0.05) is 6.20 Å². The number of amides is 1. The molecule has 2 N–H and O–H groups in total. The molecular weight excluding hydrogens is 380 g/mol. The van der Waals surface area contributed by atoms with Crippen LogP contribution in [0, 0.1) is 11.6 Å². The second-order valence-electron chi connectivity index (χ2n) is 5.96. The number of hydrogen-bond donors (Lipinski definition) is 2. The summed E-state index contributed by atoms with van der Waals surface area (Å²) in [7, 11) is 1.58. The molecule has 150 valence electrons. The first kappa shape index (κ1) is 20.1. The Morgan fingerprint density at radius 2 is 1.72 bits per heavy atom. The van der Waals surface area contributed by atoms with Crippen molar-refractivity contribution in [2.75, 3.05) is 25.6 Å². The predicted octanol–water partition coefficient (Wildman–Crippen LogP) is 3.92. The zero-order chi connectivity index (χ0) is 20.6. The van der Waals surface area contributed by atoms with Crippen LogP contribution >= 0.6 is 0 Å². The molecular formula is C21H19F2N3O3. The Morgan fingerprint density at radius 1 is 1.03 bits per heavy atom. The molecule has 29 heavy (non-hydrogen) atoms. The van der Waals surface area contributed by atoms with E-state index in [-0.39, 0.29) is 36.0 Å². The number of ether oxygens (including phenoxy) is 2. The minimum absolute atomic E-state index is 0.246. The second-order valence-corrected chi connectivity index (χ2v) is 5.96. The monoisotopic (exact) mass is 399 g/mol. The number of carbonyl (C=O) groups excluding carboxylic acids is 1. The molecule has 0 fully saturated rings. The number of rotatable bonds is 8. The number of anilines is 2. The highest BCUT2D eigenvalue weighted by Gasteiger charge is 2.11. The molecule has 1 heterocycles. The number of halogens is 2. The minimum atomic E-state index is -0.740. The van der Waals surface area contributed by atoms with Gasteiger partial charge in [-0.2, -0.15) is 0 Å². The average molecular weight is 399 g/mol. The molecule has 0 bridgehead atoms. The van der Waals surface area contributed by atoms with Crippen LogP contribution in [0.1, 0.15) is 10.4 Å². The van der Waals surface area contributed by atoms with Crippen LogP contribution < -0.4 is 20.1 Å². The zero-order valence-electron chi connectivity index (χ0n) is 15.6. The summed E-state index contributed by atoms with van der Waals surface area (Å²) >= 11 is 0. The highest BCUT2D eigenvalue weighted by atomic mass is 19.1. The summed E-state index contributed by atoms with van der Waals surface area (Å²) < 4.78 is 38.1. The normalized spacial score (nSPS) is 10.3. The van der Waals surface area contributed by atoms with Gasteiger partial charge in [-0.3, -0.25) is 9.78 Å². The molecule has 3 rings (SSSR count). The largest absolute Gasteiger partial charge is 0.497 e. The van der Waals surface area contributed by atoms with Crippen LogP contribution in [-0.4, -0.2) is 31.2 Å². The third kappa shape index (κ3) is 5.41. The molecule has 0 saturated heterocycles. The molecule has 0 radical (unpaired) electrons. The molecule has 0 spiro atoms. The second kappa shape index (κ2) is 9.50. The van der Waals surface area contributed by atoms with E-state index >= 15 is 0 Å². The first-order chi connectivity index (χ1) is 14.1. The molecule has 1 amide bonds. The number of para-hydroxylation sites is 1. The van der Waals surface area contributed by atoms with Gasteiger partial charge in [0.2, 0.25) is 0 Å². The molecule has 3 aromatic rings. The van der Waals surface area contributed by atoms with E-state index in [1.807, 2.05) is 0 Å². The number of aromatic nitrogens is 1. The lowest BCUT2D eigenvalue weighted by Gasteiger charge is -2.10. The van der Waals surface area contributed by atoms with Crippen LogP contribution in [0.25, 0.3) is 0 Å². The third-order valence-electron chi connectivity index (χ3n) is 3.95. The molecule has 1 aromatic heterocycles. The van der Waals surface area contributed by atoms with Crippen molar-refractivity contribution in [1.82, 2.24) is 10.3 Å². The van der Waals surface area contributed by atoms with Crippen molar-refractivity contribution in [2.24, 2.45) is 0 Å². The summed E-state index contributed by atoms with van der Waals surface area (Å²) in [5.41, 5.74) is 0.229. The van der Waals surface area contributed by atoms with Gasteiger partial charge < -0.3 is 20.1 Å². The van der Waals surface area contributed by atoms with Crippen LogP contribution in [0.2, 0.25) is 0 Å². The molecule has 0 saturated carbocycles. The number of methoxy groups -OCH3 is 1. The SMILES string of the molecule is COc1ccc(OCCNC(=O)c2cncc(Nc3c(F)cccc3F)c2)cc1. The van der Waals surface area contributed by atoms with Crippen molar-refractivity contribution in [1.29, 1.82) is 0 Å². The summed E-state index contributed by atoms with van der Waals surface area (Å²) in [4.78, 5) is 16.2. The van der Waals surface area contributed by atoms with Gasteiger partial charge in [0.25, 0.3) is 5.91 Å². The Labute approximate surface area is 166 Å².